The third-order valence-corrected chi connectivity index (χ3v) is 3.94. The summed E-state index contributed by atoms with van der Waals surface area (Å²) in [5, 5.41) is 3.04. The molecule has 0 aliphatic heterocycles. The van der Waals surface area contributed by atoms with E-state index in [1.807, 2.05) is 6.92 Å². The molecular formula is C18H21Cl2FN2O3. The first kappa shape index (κ1) is 21.9. The molecule has 0 saturated heterocycles. The Bertz CT molecular complexity index is 759. The number of hydrogen-bond donors (Lipinski definition) is 2. The second-order valence-corrected chi connectivity index (χ2v) is 5.80. The minimum absolute atomic E-state index is 0. The molecule has 3 N–H and O–H groups in total. The van der Waals surface area contributed by atoms with Crippen molar-refractivity contribution >= 4 is 35.6 Å². The Morgan fingerprint density at radius 1 is 1.35 bits per heavy atom. The summed E-state index contributed by atoms with van der Waals surface area (Å²) in [5.74, 6) is 0.00499. The number of nitrogens with one attached hydrogen (secondary N) is 1. The third kappa shape index (κ3) is 5.68. The summed E-state index contributed by atoms with van der Waals surface area (Å²) < 4.78 is 24.1. The molecule has 5 nitrogen and oxygen atoms in total. The zero-order chi connectivity index (χ0) is 18.4. The molecule has 1 amide bonds. The highest BCUT2D eigenvalue weighted by molar-refractivity contribution is 6.33. The largest absolute Gasteiger partial charge is 0.496 e. The molecule has 142 valence electrons. The van der Waals surface area contributed by atoms with E-state index in [1.165, 1.54) is 31.4 Å². The zero-order valence-electron chi connectivity index (χ0n) is 14.4. The van der Waals surface area contributed by atoms with Crippen molar-refractivity contribution in [1.29, 1.82) is 0 Å². The lowest BCUT2D eigenvalue weighted by atomic mass is 10.1. The average molecular weight is 403 g/mol. The Hall–Kier alpha value is -2.18. The summed E-state index contributed by atoms with van der Waals surface area (Å²) in [6.45, 7) is 2.16. The fraction of sp³-hybridized carbons (Fsp3) is 0.278. The lowest BCUT2D eigenvalue weighted by Crippen LogP contribution is -2.35. The number of rotatable bonds is 7. The molecule has 0 fully saturated rings. The van der Waals surface area contributed by atoms with Crippen molar-refractivity contribution in [2.75, 3.05) is 19.4 Å². The van der Waals surface area contributed by atoms with Crippen molar-refractivity contribution in [2.45, 2.75) is 19.4 Å². The highest BCUT2D eigenvalue weighted by Gasteiger charge is 2.17. The monoisotopic (exact) mass is 402 g/mol. The van der Waals surface area contributed by atoms with Crippen molar-refractivity contribution < 1.29 is 18.7 Å². The smallest absolute Gasteiger partial charge is 0.255 e. The molecule has 2 rings (SSSR count). The van der Waals surface area contributed by atoms with Gasteiger partial charge in [-0.15, -0.1) is 12.4 Å². The summed E-state index contributed by atoms with van der Waals surface area (Å²) in [7, 11) is 1.45. The molecule has 0 aromatic heterocycles. The van der Waals surface area contributed by atoms with Crippen molar-refractivity contribution in [3.63, 3.8) is 0 Å². The molecule has 0 bridgehead atoms. The number of ether oxygens (including phenoxy) is 2. The number of benzene rings is 2. The van der Waals surface area contributed by atoms with Crippen LogP contribution in [0, 0.1) is 5.82 Å². The standard InChI is InChI=1S/C18H20ClFN2O3.ClH/c1-3-12(25-13-6-4-5-11(20)7-13)10-22-18(23)14-8-15(19)16(21)9-17(14)24-2;/h4-9,12H,3,10,21H2,1-2H3,(H,22,23);1H. The van der Waals surface area contributed by atoms with Crippen LogP contribution >= 0.6 is 24.0 Å². The van der Waals surface area contributed by atoms with E-state index in [0.29, 0.717) is 23.6 Å². The molecular weight excluding hydrogens is 382 g/mol. The number of halogens is 3. The lowest BCUT2D eigenvalue weighted by molar-refractivity contribution is 0.0923. The van der Waals surface area contributed by atoms with Gasteiger partial charge in [-0.1, -0.05) is 24.6 Å². The molecule has 2 aromatic rings. The second-order valence-electron chi connectivity index (χ2n) is 5.39. The van der Waals surface area contributed by atoms with Crippen LogP contribution in [0.4, 0.5) is 10.1 Å². The highest BCUT2D eigenvalue weighted by atomic mass is 35.5. The first-order chi connectivity index (χ1) is 11.9. The van der Waals surface area contributed by atoms with Gasteiger partial charge in [-0.25, -0.2) is 4.39 Å². The maximum atomic E-state index is 13.2. The first-order valence-electron chi connectivity index (χ1n) is 7.78. The van der Waals surface area contributed by atoms with E-state index < -0.39 is 0 Å². The van der Waals surface area contributed by atoms with Gasteiger partial charge in [0.25, 0.3) is 5.91 Å². The fourth-order valence-electron chi connectivity index (χ4n) is 2.22. The van der Waals surface area contributed by atoms with Crippen molar-refractivity contribution in [3.8, 4) is 11.5 Å². The van der Waals surface area contributed by atoms with E-state index in [-0.39, 0.29) is 47.4 Å². The number of methoxy groups -OCH3 is 1. The van der Waals surface area contributed by atoms with Gasteiger partial charge < -0.3 is 20.5 Å². The van der Waals surface area contributed by atoms with Crippen LogP contribution < -0.4 is 20.5 Å². The summed E-state index contributed by atoms with van der Waals surface area (Å²) in [6, 6.07) is 8.82. The Kier molecular flexibility index (Phi) is 8.48. The number of nitrogens with two attached hydrogens (primary N) is 1. The number of anilines is 1. The predicted octanol–water partition coefficient (Wildman–Crippen LogP) is 4.08. The van der Waals surface area contributed by atoms with Gasteiger partial charge in [-0.05, 0) is 24.6 Å². The van der Waals surface area contributed by atoms with Crippen molar-refractivity contribution in [1.82, 2.24) is 5.32 Å². The van der Waals surface area contributed by atoms with Crippen LogP contribution in [0.15, 0.2) is 36.4 Å². The number of hydrogen-bond acceptors (Lipinski definition) is 4. The van der Waals surface area contributed by atoms with Crippen LogP contribution in [0.25, 0.3) is 0 Å². The second kappa shape index (κ2) is 10.1. The molecule has 0 heterocycles. The van der Waals surface area contributed by atoms with E-state index in [0.717, 1.165) is 0 Å². The highest BCUT2D eigenvalue weighted by Crippen LogP contribution is 2.28. The van der Waals surface area contributed by atoms with Crippen LogP contribution in [0.1, 0.15) is 23.7 Å². The van der Waals surface area contributed by atoms with Gasteiger partial charge >= 0.3 is 0 Å². The molecule has 0 spiro atoms. The summed E-state index contributed by atoms with van der Waals surface area (Å²) in [6.07, 6.45) is 0.331. The van der Waals surface area contributed by atoms with Crippen LogP contribution in [-0.4, -0.2) is 25.7 Å². The van der Waals surface area contributed by atoms with Gasteiger partial charge in [0.15, 0.2) is 0 Å². The number of carbonyl (C=O) groups is 1. The maximum absolute atomic E-state index is 13.2. The van der Waals surface area contributed by atoms with Crippen LogP contribution in [-0.2, 0) is 0 Å². The van der Waals surface area contributed by atoms with Gasteiger partial charge in [0, 0.05) is 12.1 Å². The van der Waals surface area contributed by atoms with Gasteiger partial charge in [-0.3, -0.25) is 4.79 Å². The molecule has 26 heavy (non-hydrogen) atoms. The Balaban J connectivity index is 0.00000338. The van der Waals surface area contributed by atoms with E-state index in [4.69, 9.17) is 26.8 Å². The van der Waals surface area contributed by atoms with Crippen LogP contribution in [0.3, 0.4) is 0 Å². The summed E-state index contributed by atoms with van der Waals surface area (Å²) in [5.41, 5.74) is 6.32. The SMILES string of the molecule is CCC(CNC(=O)c1cc(Cl)c(N)cc1OC)Oc1cccc(F)c1.Cl. The zero-order valence-corrected chi connectivity index (χ0v) is 16.0. The molecule has 0 radical (unpaired) electrons. The normalized spacial score (nSPS) is 11.2. The molecule has 0 saturated carbocycles. The Labute approximate surface area is 163 Å². The van der Waals surface area contributed by atoms with Crippen molar-refractivity contribution in [3.05, 3.63) is 52.8 Å². The average Bonchev–Trinajstić information content (AvgIpc) is 2.60. The van der Waals surface area contributed by atoms with E-state index in [9.17, 15) is 9.18 Å². The summed E-state index contributed by atoms with van der Waals surface area (Å²) in [4.78, 5) is 12.4. The van der Waals surface area contributed by atoms with Gasteiger partial charge in [0.1, 0.15) is 23.4 Å². The number of amides is 1. The van der Waals surface area contributed by atoms with Gasteiger partial charge in [0.05, 0.1) is 29.9 Å². The minimum atomic E-state index is -0.377. The van der Waals surface area contributed by atoms with Gasteiger partial charge in [0.2, 0.25) is 0 Å². The molecule has 2 aromatic carbocycles. The first-order valence-corrected chi connectivity index (χ1v) is 8.15. The lowest BCUT2D eigenvalue weighted by Gasteiger charge is -2.19. The fourth-order valence-corrected chi connectivity index (χ4v) is 2.38. The Morgan fingerprint density at radius 3 is 2.69 bits per heavy atom. The molecule has 1 unspecified atom stereocenters. The predicted molar refractivity (Wildman–Crippen MR) is 103 cm³/mol. The van der Waals surface area contributed by atoms with E-state index in [2.05, 4.69) is 5.32 Å². The number of nitrogen functional groups attached to an aromatic ring is 1. The molecule has 1 atom stereocenters. The van der Waals surface area contributed by atoms with E-state index in [1.54, 1.807) is 12.1 Å². The Morgan fingerprint density at radius 2 is 2.08 bits per heavy atom. The third-order valence-electron chi connectivity index (χ3n) is 3.61. The maximum Gasteiger partial charge on any atom is 0.255 e. The molecule has 8 heteroatoms. The quantitative estimate of drug-likeness (QED) is 0.684. The van der Waals surface area contributed by atoms with Crippen LogP contribution in [0.2, 0.25) is 5.02 Å². The van der Waals surface area contributed by atoms with Crippen LogP contribution in [0.5, 0.6) is 11.5 Å². The van der Waals surface area contributed by atoms with Crippen molar-refractivity contribution in [2.24, 2.45) is 0 Å². The van der Waals surface area contributed by atoms with E-state index >= 15 is 0 Å². The molecule has 0 aliphatic carbocycles. The molecule has 0 aliphatic rings. The summed E-state index contributed by atoms with van der Waals surface area (Å²) >= 11 is 5.98. The van der Waals surface area contributed by atoms with Gasteiger partial charge in [-0.2, -0.15) is 0 Å². The minimum Gasteiger partial charge on any atom is -0.496 e. The number of carbonyl (C=O) groups excluding carboxylic acids is 1. The topological polar surface area (TPSA) is 73.6 Å².